The zero-order valence-electron chi connectivity index (χ0n) is 11.3. The third-order valence-corrected chi connectivity index (χ3v) is 5.55. The van der Waals surface area contributed by atoms with Gasteiger partial charge in [-0.3, -0.25) is 9.59 Å². The molecule has 20 heavy (non-hydrogen) atoms. The van der Waals surface area contributed by atoms with Gasteiger partial charge in [0.2, 0.25) is 5.91 Å². The number of carboxylic acids is 1. The van der Waals surface area contributed by atoms with Gasteiger partial charge in [0.25, 0.3) is 0 Å². The molecule has 1 aliphatic rings. The molecule has 0 aliphatic heterocycles. The predicted octanol–water partition coefficient (Wildman–Crippen LogP) is 2.89. The fourth-order valence-electron chi connectivity index (χ4n) is 2.66. The highest BCUT2D eigenvalue weighted by molar-refractivity contribution is 7.99. The average Bonchev–Trinajstić information content (AvgIpc) is 3.00. The van der Waals surface area contributed by atoms with Crippen LogP contribution in [0.4, 0.5) is 0 Å². The summed E-state index contributed by atoms with van der Waals surface area (Å²) in [5, 5.41) is 14.0. The van der Waals surface area contributed by atoms with Gasteiger partial charge in [-0.2, -0.15) is 0 Å². The van der Waals surface area contributed by atoms with Gasteiger partial charge >= 0.3 is 5.97 Å². The minimum Gasteiger partial charge on any atom is -0.481 e. The second-order valence-corrected chi connectivity index (χ2v) is 7.20. The fraction of sp³-hybridized carbons (Fsp3) is 0.571. The Balaban J connectivity index is 1.78. The summed E-state index contributed by atoms with van der Waals surface area (Å²) in [5.41, 5.74) is -0.508. The number of carboxylic acid groups (broad SMARTS) is 1. The molecular weight excluding hydrogens is 294 g/mol. The van der Waals surface area contributed by atoms with Crippen molar-refractivity contribution in [1.29, 1.82) is 0 Å². The Hall–Kier alpha value is -1.01. The monoisotopic (exact) mass is 313 g/mol. The molecule has 0 unspecified atom stereocenters. The van der Waals surface area contributed by atoms with Gasteiger partial charge in [0.1, 0.15) is 0 Å². The van der Waals surface area contributed by atoms with Gasteiger partial charge in [-0.25, -0.2) is 0 Å². The molecule has 2 N–H and O–H groups in total. The number of nitrogens with one attached hydrogen (secondary N) is 1. The molecule has 1 aromatic rings. The Bertz CT molecular complexity index is 453. The first-order valence-electron chi connectivity index (χ1n) is 6.73. The van der Waals surface area contributed by atoms with E-state index in [2.05, 4.69) is 11.4 Å². The van der Waals surface area contributed by atoms with Gasteiger partial charge in [-0.15, -0.1) is 23.1 Å². The van der Waals surface area contributed by atoms with Crippen molar-refractivity contribution in [1.82, 2.24) is 5.32 Å². The van der Waals surface area contributed by atoms with Crippen LogP contribution < -0.4 is 5.32 Å². The number of thiophene rings is 1. The summed E-state index contributed by atoms with van der Waals surface area (Å²) in [6.07, 6.45) is 3.58. The van der Waals surface area contributed by atoms with Crippen molar-refractivity contribution in [2.45, 2.75) is 43.4 Å². The Kier molecular flexibility index (Phi) is 5.48. The van der Waals surface area contributed by atoms with E-state index in [1.807, 2.05) is 11.4 Å². The van der Waals surface area contributed by atoms with Crippen LogP contribution in [-0.2, 0) is 15.3 Å². The molecule has 4 nitrogen and oxygen atoms in total. The van der Waals surface area contributed by atoms with E-state index < -0.39 is 11.5 Å². The molecule has 2 rings (SSSR count). The van der Waals surface area contributed by atoms with Gasteiger partial charge in [0.05, 0.1) is 17.7 Å². The summed E-state index contributed by atoms with van der Waals surface area (Å²) in [6, 6.07) is 4.06. The first-order valence-corrected chi connectivity index (χ1v) is 8.76. The van der Waals surface area contributed by atoms with Gasteiger partial charge < -0.3 is 10.4 Å². The summed E-state index contributed by atoms with van der Waals surface area (Å²) >= 11 is 3.26. The van der Waals surface area contributed by atoms with Crippen molar-refractivity contribution in [2.24, 2.45) is 0 Å². The molecule has 1 saturated carbocycles. The Morgan fingerprint density at radius 2 is 2.15 bits per heavy atom. The maximum atomic E-state index is 12.0. The van der Waals surface area contributed by atoms with Crippen LogP contribution >= 0.6 is 23.1 Å². The van der Waals surface area contributed by atoms with Crippen LogP contribution in [0.5, 0.6) is 0 Å². The highest BCUT2D eigenvalue weighted by Gasteiger charge is 2.37. The molecule has 0 radical (unpaired) electrons. The lowest BCUT2D eigenvalue weighted by molar-refractivity contribution is -0.139. The highest BCUT2D eigenvalue weighted by Crippen LogP contribution is 2.32. The molecule has 6 heteroatoms. The number of carbonyl (C=O) groups excluding carboxylic acids is 1. The molecule has 0 aromatic carbocycles. The zero-order valence-corrected chi connectivity index (χ0v) is 12.9. The minimum atomic E-state index is -0.835. The van der Waals surface area contributed by atoms with Crippen LogP contribution in [0.15, 0.2) is 17.5 Å². The summed E-state index contributed by atoms with van der Waals surface area (Å²) < 4.78 is 0. The second-order valence-electron chi connectivity index (χ2n) is 5.18. The number of hydrogen-bond acceptors (Lipinski definition) is 4. The summed E-state index contributed by atoms with van der Waals surface area (Å²) in [5.74, 6) is 0.337. The molecule has 110 valence electrons. The van der Waals surface area contributed by atoms with Crippen LogP contribution in [-0.4, -0.2) is 28.3 Å². The lowest BCUT2D eigenvalue weighted by Gasteiger charge is -2.28. The molecule has 1 aliphatic carbocycles. The maximum absolute atomic E-state index is 12.0. The minimum absolute atomic E-state index is 0.0360. The van der Waals surface area contributed by atoms with Gasteiger partial charge in [0.15, 0.2) is 0 Å². The topological polar surface area (TPSA) is 66.4 Å². The first kappa shape index (κ1) is 15.4. The van der Waals surface area contributed by atoms with E-state index in [1.54, 1.807) is 23.1 Å². The Morgan fingerprint density at radius 3 is 2.75 bits per heavy atom. The maximum Gasteiger partial charge on any atom is 0.305 e. The lowest BCUT2D eigenvalue weighted by atomic mass is 9.93. The first-order chi connectivity index (χ1) is 9.60. The number of amides is 1. The van der Waals surface area contributed by atoms with E-state index in [9.17, 15) is 9.59 Å². The largest absolute Gasteiger partial charge is 0.481 e. The van der Waals surface area contributed by atoms with E-state index >= 15 is 0 Å². The molecule has 0 saturated heterocycles. The van der Waals surface area contributed by atoms with Crippen molar-refractivity contribution < 1.29 is 14.7 Å². The van der Waals surface area contributed by atoms with Crippen LogP contribution in [0.2, 0.25) is 0 Å². The second kappa shape index (κ2) is 7.13. The number of carbonyl (C=O) groups is 2. The van der Waals surface area contributed by atoms with Crippen molar-refractivity contribution in [2.75, 3.05) is 5.75 Å². The molecule has 1 heterocycles. The van der Waals surface area contributed by atoms with Crippen LogP contribution in [0, 0.1) is 0 Å². The van der Waals surface area contributed by atoms with Crippen LogP contribution in [0.3, 0.4) is 0 Å². The van der Waals surface area contributed by atoms with Crippen molar-refractivity contribution in [3.63, 3.8) is 0 Å². The number of rotatable bonds is 7. The average molecular weight is 313 g/mol. The van der Waals surface area contributed by atoms with Crippen LogP contribution in [0.25, 0.3) is 0 Å². The van der Waals surface area contributed by atoms with E-state index in [0.717, 1.165) is 31.4 Å². The number of aliphatic carboxylic acids is 1. The molecule has 1 amide bonds. The Labute approximate surface area is 127 Å². The smallest absolute Gasteiger partial charge is 0.305 e. The molecule has 0 bridgehead atoms. The highest BCUT2D eigenvalue weighted by atomic mass is 32.2. The Morgan fingerprint density at radius 1 is 1.40 bits per heavy atom. The van der Waals surface area contributed by atoms with Gasteiger partial charge in [0, 0.05) is 10.6 Å². The van der Waals surface area contributed by atoms with E-state index in [1.165, 1.54) is 4.88 Å². The normalized spacial score (nSPS) is 17.0. The standard InChI is InChI=1S/C14H19NO3S2/c16-12(10-19-9-11-4-3-7-20-11)15-14(8-13(17)18)5-1-2-6-14/h3-4,7H,1-2,5-6,8-10H2,(H,15,16)(H,17,18). The van der Waals surface area contributed by atoms with Crippen molar-refractivity contribution in [3.8, 4) is 0 Å². The van der Waals surface area contributed by atoms with Crippen molar-refractivity contribution in [3.05, 3.63) is 22.4 Å². The summed E-state index contributed by atoms with van der Waals surface area (Å²) in [7, 11) is 0. The van der Waals surface area contributed by atoms with E-state index in [0.29, 0.717) is 5.75 Å². The number of hydrogen-bond donors (Lipinski definition) is 2. The van der Waals surface area contributed by atoms with Crippen molar-refractivity contribution >= 4 is 35.0 Å². The van der Waals surface area contributed by atoms with Gasteiger partial charge in [-0.1, -0.05) is 18.9 Å². The molecular formula is C14H19NO3S2. The molecule has 0 spiro atoms. The van der Waals surface area contributed by atoms with E-state index in [4.69, 9.17) is 5.11 Å². The fourth-order valence-corrected chi connectivity index (χ4v) is 4.33. The zero-order chi connectivity index (χ0) is 14.4. The molecule has 0 atom stereocenters. The quantitative estimate of drug-likeness (QED) is 0.812. The SMILES string of the molecule is O=C(O)CC1(NC(=O)CSCc2cccs2)CCCC1. The molecule has 1 aromatic heterocycles. The summed E-state index contributed by atoms with van der Waals surface area (Å²) in [4.78, 5) is 24.2. The lowest BCUT2D eigenvalue weighted by Crippen LogP contribution is -2.48. The summed E-state index contributed by atoms with van der Waals surface area (Å²) in [6.45, 7) is 0. The number of thioether (sulfide) groups is 1. The van der Waals surface area contributed by atoms with Crippen LogP contribution in [0.1, 0.15) is 37.0 Å². The van der Waals surface area contributed by atoms with E-state index in [-0.39, 0.29) is 12.3 Å². The molecule has 1 fully saturated rings. The third-order valence-electron chi connectivity index (χ3n) is 3.51. The van der Waals surface area contributed by atoms with Gasteiger partial charge in [-0.05, 0) is 24.3 Å². The predicted molar refractivity (Wildman–Crippen MR) is 82.1 cm³/mol. The third kappa shape index (κ3) is 4.52.